The van der Waals surface area contributed by atoms with Crippen LogP contribution in [0.1, 0.15) is 31.2 Å². The molecule has 0 aliphatic carbocycles. The van der Waals surface area contributed by atoms with E-state index in [1.807, 2.05) is 6.26 Å². The van der Waals surface area contributed by atoms with E-state index in [9.17, 15) is 29.4 Å². The van der Waals surface area contributed by atoms with Gasteiger partial charge in [-0.1, -0.05) is 12.1 Å². The largest absolute Gasteiger partial charge is 0.508 e. The number of carboxylic acids is 1. The average molecular weight is 498 g/mol. The fourth-order valence-electron chi connectivity index (χ4n) is 3.05. The summed E-state index contributed by atoms with van der Waals surface area (Å²) in [6, 6.07) is 3.32. The number of carbonyl (C=O) groups is 4. The van der Waals surface area contributed by atoms with Crippen molar-refractivity contribution in [3.05, 3.63) is 29.8 Å². The van der Waals surface area contributed by atoms with Gasteiger partial charge in [-0.15, -0.1) is 0 Å². The molecule has 12 heteroatoms. The van der Waals surface area contributed by atoms with E-state index < -0.39 is 48.4 Å². The Balaban J connectivity index is 2.63. The molecule has 0 bridgehead atoms. The lowest BCUT2D eigenvalue weighted by molar-refractivity contribution is -0.142. The van der Waals surface area contributed by atoms with Gasteiger partial charge in [0.2, 0.25) is 17.7 Å². The van der Waals surface area contributed by atoms with Gasteiger partial charge in [0.1, 0.15) is 17.8 Å². The van der Waals surface area contributed by atoms with Gasteiger partial charge in [-0.05, 0) is 68.4 Å². The molecule has 190 valence electrons. The number of aliphatic carboxylic acids is 1. The molecule has 1 aromatic rings. The van der Waals surface area contributed by atoms with Gasteiger partial charge >= 0.3 is 5.97 Å². The highest BCUT2D eigenvalue weighted by molar-refractivity contribution is 7.98. The summed E-state index contributed by atoms with van der Waals surface area (Å²) in [4.78, 5) is 48.7. The van der Waals surface area contributed by atoms with Crippen LogP contribution in [-0.2, 0) is 25.6 Å². The highest BCUT2D eigenvalue weighted by atomic mass is 32.2. The third kappa shape index (κ3) is 11.3. The molecule has 0 saturated heterocycles. The molecule has 3 amide bonds. The Morgan fingerprint density at radius 2 is 1.68 bits per heavy atom. The monoisotopic (exact) mass is 497 g/mol. The second kappa shape index (κ2) is 15.9. The first-order chi connectivity index (χ1) is 16.2. The summed E-state index contributed by atoms with van der Waals surface area (Å²) in [5.74, 6) is -2.25. The van der Waals surface area contributed by atoms with Crippen LogP contribution < -0.4 is 27.4 Å². The number of benzene rings is 1. The highest BCUT2D eigenvalue weighted by Gasteiger charge is 2.26. The lowest BCUT2D eigenvalue weighted by Gasteiger charge is -2.22. The average Bonchev–Trinajstić information content (AvgIpc) is 2.80. The maximum absolute atomic E-state index is 12.7. The predicted molar refractivity (Wildman–Crippen MR) is 130 cm³/mol. The zero-order valence-corrected chi connectivity index (χ0v) is 20.1. The Morgan fingerprint density at radius 3 is 2.26 bits per heavy atom. The Kier molecular flexibility index (Phi) is 13.7. The molecule has 0 radical (unpaired) electrons. The van der Waals surface area contributed by atoms with Crippen LogP contribution in [-0.4, -0.2) is 77.1 Å². The van der Waals surface area contributed by atoms with Crippen LogP contribution in [0.25, 0.3) is 0 Å². The molecule has 0 heterocycles. The quantitative estimate of drug-likeness (QED) is 0.145. The number of nitrogens with two attached hydrogens (primary N) is 2. The summed E-state index contributed by atoms with van der Waals surface area (Å²) in [5, 5.41) is 26.1. The Labute approximate surface area is 203 Å². The number of hydrogen-bond acceptors (Lipinski definition) is 8. The molecule has 0 spiro atoms. The topological polar surface area (TPSA) is 197 Å². The smallest absolute Gasteiger partial charge is 0.326 e. The van der Waals surface area contributed by atoms with Gasteiger partial charge in [-0.25, -0.2) is 4.79 Å². The van der Waals surface area contributed by atoms with E-state index in [1.165, 1.54) is 23.9 Å². The lowest BCUT2D eigenvalue weighted by atomic mass is 10.1. The van der Waals surface area contributed by atoms with Crippen molar-refractivity contribution in [3.8, 4) is 5.75 Å². The zero-order valence-electron chi connectivity index (χ0n) is 19.3. The van der Waals surface area contributed by atoms with Crippen LogP contribution in [0, 0.1) is 0 Å². The van der Waals surface area contributed by atoms with E-state index >= 15 is 0 Å². The fourth-order valence-corrected chi connectivity index (χ4v) is 3.52. The number of rotatable bonds is 16. The molecule has 1 aromatic carbocycles. The summed E-state index contributed by atoms with van der Waals surface area (Å²) >= 11 is 1.46. The normalized spacial score (nSPS) is 13.4. The molecule has 0 aliphatic rings. The molecule has 3 atom stereocenters. The van der Waals surface area contributed by atoms with Crippen molar-refractivity contribution < 1.29 is 29.4 Å². The number of amides is 3. The summed E-state index contributed by atoms with van der Waals surface area (Å²) in [5.41, 5.74) is 12.1. The van der Waals surface area contributed by atoms with E-state index in [4.69, 9.17) is 11.5 Å². The second-order valence-corrected chi connectivity index (χ2v) is 8.77. The van der Waals surface area contributed by atoms with Gasteiger partial charge < -0.3 is 37.6 Å². The SMILES string of the molecule is CSCCC(NC(=O)C(CCCCN)NC(=O)CNC(=O)C(N)Cc1ccc(O)cc1)C(=O)O. The second-order valence-electron chi connectivity index (χ2n) is 7.78. The summed E-state index contributed by atoms with van der Waals surface area (Å²) < 4.78 is 0. The van der Waals surface area contributed by atoms with Gasteiger partial charge in [0.05, 0.1) is 12.6 Å². The third-order valence-corrected chi connectivity index (χ3v) is 5.62. The Morgan fingerprint density at radius 1 is 1.00 bits per heavy atom. The molecule has 34 heavy (non-hydrogen) atoms. The van der Waals surface area contributed by atoms with Crippen LogP contribution in [0.2, 0.25) is 0 Å². The lowest BCUT2D eigenvalue weighted by Crippen LogP contribution is -2.54. The van der Waals surface area contributed by atoms with E-state index in [0.29, 0.717) is 25.1 Å². The maximum Gasteiger partial charge on any atom is 0.326 e. The summed E-state index contributed by atoms with van der Waals surface area (Å²) in [6.07, 6.45) is 3.77. The van der Waals surface area contributed by atoms with Crippen LogP contribution in [0.4, 0.5) is 0 Å². The van der Waals surface area contributed by atoms with Crippen molar-refractivity contribution in [1.29, 1.82) is 0 Å². The van der Waals surface area contributed by atoms with Gasteiger partial charge in [-0.3, -0.25) is 14.4 Å². The highest BCUT2D eigenvalue weighted by Crippen LogP contribution is 2.11. The maximum atomic E-state index is 12.7. The van der Waals surface area contributed by atoms with E-state index in [0.717, 1.165) is 5.56 Å². The van der Waals surface area contributed by atoms with Crippen LogP contribution in [0.3, 0.4) is 0 Å². The van der Waals surface area contributed by atoms with Crippen molar-refractivity contribution in [1.82, 2.24) is 16.0 Å². The number of hydrogen-bond donors (Lipinski definition) is 7. The molecule has 11 nitrogen and oxygen atoms in total. The predicted octanol–water partition coefficient (Wildman–Crippen LogP) is -0.685. The number of phenols is 1. The number of thioether (sulfide) groups is 1. The van der Waals surface area contributed by atoms with Crippen LogP contribution in [0.15, 0.2) is 24.3 Å². The van der Waals surface area contributed by atoms with E-state index in [1.54, 1.807) is 12.1 Å². The molecule has 9 N–H and O–H groups in total. The van der Waals surface area contributed by atoms with E-state index in [-0.39, 0.29) is 25.0 Å². The number of phenolic OH excluding ortho intramolecular Hbond substituents is 1. The first-order valence-electron chi connectivity index (χ1n) is 11.0. The van der Waals surface area contributed by atoms with Gasteiger partial charge in [0.25, 0.3) is 0 Å². The van der Waals surface area contributed by atoms with Gasteiger partial charge in [0.15, 0.2) is 0 Å². The van der Waals surface area contributed by atoms with Crippen LogP contribution in [0.5, 0.6) is 5.75 Å². The van der Waals surface area contributed by atoms with Crippen molar-refractivity contribution >= 4 is 35.5 Å². The van der Waals surface area contributed by atoms with Crippen molar-refractivity contribution in [2.75, 3.05) is 25.1 Å². The standard InChI is InChI=1S/C22H35N5O6S/c1-34-11-9-18(22(32)33)27-21(31)17(4-2-3-10-23)26-19(29)13-25-20(30)16(24)12-14-5-7-15(28)8-6-14/h5-8,16-18,28H,2-4,9-13,23-24H2,1H3,(H,25,30)(H,26,29)(H,27,31)(H,32,33). The molecule has 0 aromatic heterocycles. The minimum absolute atomic E-state index is 0.0995. The number of carbonyl (C=O) groups excluding carboxylic acids is 3. The van der Waals surface area contributed by atoms with Gasteiger partial charge in [0, 0.05) is 0 Å². The first kappa shape index (κ1) is 29.2. The third-order valence-electron chi connectivity index (χ3n) is 4.98. The van der Waals surface area contributed by atoms with Crippen LogP contribution >= 0.6 is 11.8 Å². The minimum atomic E-state index is -1.15. The zero-order chi connectivity index (χ0) is 25.5. The molecule has 0 fully saturated rings. The fraction of sp³-hybridized carbons (Fsp3) is 0.545. The summed E-state index contributed by atoms with van der Waals surface area (Å²) in [7, 11) is 0. The molecular formula is C22H35N5O6S. The first-order valence-corrected chi connectivity index (χ1v) is 12.4. The minimum Gasteiger partial charge on any atom is -0.508 e. The molecule has 1 rings (SSSR count). The molecular weight excluding hydrogens is 462 g/mol. The van der Waals surface area contributed by atoms with Gasteiger partial charge in [-0.2, -0.15) is 11.8 Å². The van der Waals surface area contributed by atoms with Crippen molar-refractivity contribution in [2.24, 2.45) is 11.5 Å². The number of aromatic hydroxyl groups is 1. The number of unbranched alkanes of at least 4 members (excludes halogenated alkanes) is 1. The van der Waals surface area contributed by atoms with Crippen molar-refractivity contribution in [3.63, 3.8) is 0 Å². The van der Waals surface area contributed by atoms with E-state index in [2.05, 4.69) is 16.0 Å². The molecule has 0 aliphatic heterocycles. The molecule has 3 unspecified atom stereocenters. The Hall–Kier alpha value is -2.83. The Bertz CT molecular complexity index is 807. The van der Waals surface area contributed by atoms with Crippen molar-refractivity contribution in [2.45, 2.75) is 50.2 Å². The number of nitrogens with one attached hydrogen (secondary N) is 3. The summed E-state index contributed by atoms with van der Waals surface area (Å²) in [6.45, 7) is 0.0281. The molecule has 0 saturated carbocycles. The number of carboxylic acid groups (broad SMARTS) is 1.